The zero-order valence-electron chi connectivity index (χ0n) is 10.2. The second kappa shape index (κ2) is 3.54. The first-order chi connectivity index (χ1) is 7.32. The highest BCUT2D eigenvalue weighted by atomic mass is 32.1. The fraction of sp³-hybridized carbons (Fsp3) is 0.462. The summed E-state index contributed by atoms with van der Waals surface area (Å²) in [5.41, 5.74) is 6.91. The predicted octanol–water partition coefficient (Wildman–Crippen LogP) is 3.31. The minimum absolute atomic E-state index is 0.114. The molecule has 2 nitrogen and oxygen atoms in total. The van der Waals surface area contributed by atoms with Crippen molar-refractivity contribution in [1.29, 1.82) is 0 Å². The van der Waals surface area contributed by atoms with Crippen molar-refractivity contribution < 1.29 is 0 Å². The number of nitrogens with two attached hydrogens (primary N) is 1. The van der Waals surface area contributed by atoms with Crippen LogP contribution < -0.4 is 5.73 Å². The third-order valence-electron chi connectivity index (χ3n) is 3.44. The quantitative estimate of drug-likeness (QED) is 0.865. The van der Waals surface area contributed by atoms with E-state index in [1.54, 1.807) is 11.3 Å². The molecule has 1 aromatic heterocycles. The Morgan fingerprint density at radius 3 is 2.31 bits per heavy atom. The van der Waals surface area contributed by atoms with Crippen molar-refractivity contribution in [3.05, 3.63) is 29.3 Å². The van der Waals surface area contributed by atoms with Crippen LogP contribution in [0.15, 0.2) is 24.3 Å². The summed E-state index contributed by atoms with van der Waals surface area (Å²) >= 11 is 1.74. The molecular weight excluding hydrogens is 216 g/mol. The number of nitrogens with zero attached hydrogens (tertiary/aromatic N) is 1. The van der Waals surface area contributed by atoms with E-state index in [1.165, 1.54) is 4.70 Å². The number of aromatic nitrogens is 1. The standard InChI is InChI=1S/C13H18N2S/c1-12(2,13(3,4)14)11-15-9-7-5-6-8-10(9)16-11/h5-8H,14H2,1-4H3. The van der Waals surface area contributed by atoms with E-state index in [0.29, 0.717) is 0 Å². The average molecular weight is 234 g/mol. The lowest BCUT2D eigenvalue weighted by Gasteiger charge is -2.36. The SMILES string of the molecule is CC(C)(N)C(C)(C)c1nc2ccccc2s1. The molecular formula is C13H18N2S. The average Bonchev–Trinajstić information content (AvgIpc) is 2.59. The Bertz CT molecular complexity index is 473. The molecule has 0 aliphatic heterocycles. The molecule has 0 radical (unpaired) electrons. The molecule has 0 amide bonds. The number of para-hydroxylation sites is 1. The van der Waals surface area contributed by atoms with Gasteiger partial charge < -0.3 is 5.73 Å². The van der Waals surface area contributed by atoms with Crippen molar-refractivity contribution in [2.24, 2.45) is 5.73 Å². The molecule has 86 valence electrons. The van der Waals surface area contributed by atoms with Crippen LogP contribution in [0.2, 0.25) is 0 Å². The van der Waals surface area contributed by atoms with Gasteiger partial charge in [-0.3, -0.25) is 0 Å². The summed E-state index contributed by atoms with van der Waals surface area (Å²) in [5.74, 6) is 0. The molecule has 1 heterocycles. The first kappa shape index (κ1) is 11.6. The smallest absolute Gasteiger partial charge is 0.101 e. The van der Waals surface area contributed by atoms with Gasteiger partial charge in [0, 0.05) is 11.0 Å². The molecule has 0 saturated heterocycles. The number of fused-ring (bicyclic) bond motifs is 1. The monoisotopic (exact) mass is 234 g/mol. The van der Waals surface area contributed by atoms with E-state index in [0.717, 1.165) is 10.5 Å². The Balaban J connectivity index is 2.56. The molecule has 0 aliphatic rings. The van der Waals surface area contributed by atoms with Gasteiger partial charge in [0.25, 0.3) is 0 Å². The fourth-order valence-electron chi connectivity index (χ4n) is 1.42. The van der Waals surface area contributed by atoms with Crippen LogP contribution in [-0.2, 0) is 5.41 Å². The lowest BCUT2D eigenvalue weighted by atomic mass is 9.76. The van der Waals surface area contributed by atoms with Gasteiger partial charge in [-0.2, -0.15) is 0 Å². The van der Waals surface area contributed by atoms with Gasteiger partial charge in [0.05, 0.1) is 10.2 Å². The Labute approximate surface area is 101 Å². The third-order valence-corrected chi connectivity index (χ3v) is 4.80. The fourth-order valence-corrected chi connectivity index (χ4v) is 2.65. The van der Waals surface area contributed by atoms with Crippen molar-refractivity contribution in [2.45, 2.75) is 38.6 Å². The first-order valence-electron chi connectivity index (χ1n) is 5.47. The van der Waals surface area contributed by atoms with Crippen LogP contribution in [0, 0.1) is 0 Å². The third kappa shape index (κ3) is 1.74. The molecule has 0 fully saturated rings. The summed E-state index contributed by atoms with van der Waals surface area (Å²) in [6.07, 6.45) is 0. The minimum atomic E-state index is -0.277. The van der Waals surface area contributed by atoms with Gasteiger partial charge in [-0.25, -0.2) is 4.98 Å². The van der Waals surface area contributed by atoms with Crippen LogP contribution in [0.1, 0.15) is 32.7 Å². The van der Waals surface area contributed by atoms with Crippen LogP contribution in [-0.4, -0.2) is 10.5 Å². The number of hydrogen-bond donors (Lipinski definition) is 1. The molecule has 2 aromatic rings. The molecule has 3 heteroatoms. The van der Waals surface area contributed by atoms with Crippen molar-refractivity contribution in [2.75, 3.05) is 0 Å². The molecule has 0 saturated carbocycles. The van der Waals surface area contributed by atoms with Crippen molar-refractivity contribution in [3.8, 4) is 0 Å². The highest BCUT2D eigenvalue weighted by Gasteiger charge is 2.37. The molecule has 0 spiro atoms. The van der Waals surface area contributed by atoms with E-state index < -0.39 is 0 Å². The number of hydrogen-bond acceptors (Lipinski definition) is 3. The van der Waals surface area contributed by atoms with E-state index in [2.05, 4.69) is 44.8 Å². The maximum absolute atomic E-state index is 6.23. The first-order valence-corrected chi connectivity index (χ1v) is 6.29. The number of rotatable bonds is 2. The van der Waals surface area contributed by atoms with Crippen LogP contribution in [0.25, 0.3) is 10.2 Å². The summed E-state index contributed by atoms with van der Waals surface area (Å²) < 4.78 is 1.23. The Hall–Kier alpha value is -0.930. The minimum Gasteiger partial charge on any atom is -0.325 e. The molecule has 0 unspecified atom stereocenters. The summed E-state index contributed by atoms with van der Waals surface area (Å²) in [7, 11) is 0. The molecule has 2 N–H and O–H groups in total. The second-order valence-corrected chi connectivity index (χ2v) is 6.36. The topological polar surface area (TPSA) is 38.9 Å². The van der Waals surface area contributed by atoms with Gasteiger partial charge in [-0.1, -0.05) is 26.0 Å². The summed E-state index contributed by atoms with van der Waals surface area (Å²) in [4.78, 5) is 4.69. The van der Waals surface area contributed by atoms with E-state index in [-0.39, 0.29) is 11.0 Å². The van der Waals surface area contributed by atoms with Crippen LogP contribution >= 0.6 is 11.3 Å². The van der Waals surface area contributed by atoms with E-state index in [9.17, 15) is 0 Å². The highest BCUT2D eigenvalue weighted by Crippen LogP contribution is 2.37. The molecule has 2 rings (SSSR count). The molecule has 0 atom stereocenters. The van der Waals surface area contributed by atoms with Crippen molar-refractivity contribution in [1.82, 2.24) is 4.98 Å². The van der Waals surface area contributed by atoms with Gasteiger partial charge in [0.2, 0.25) is 0 Å². The second-order valence-electron chi connectivity index (χ2n) is 5.33. The van der Waals surface area contributed by atoms with Gasteiger partial charge >= 0.3 is 0 Å². The van der Waals surface area contributed by atoms with Crippen LogP contribution in [0.4, 0.5) is 0 Å². The maximum Gasteiger partial charge on any atom is 0.101 e. The van der Waals surface area contributed by atoms with Crippen molar-refractivity contribution in [3.63, 3.8) is 0 Å². The Morgan fingerprint density at radius 2 is 1.75 bits per heavy atom. The summed E-state index contributed by atoms with van der Waals surface area (Å²) in [6, 6.07) is 8.22. The highest BCUT2D eigenvalue weighted by molar-refractivity contribution is 7.18. The molecule has 16 heavy (non-hydrogen) atoms. The van der Waals surface area contributed by atoms with E-state index >= 15 is 0 Å². The lowest BCUT2D eigenvalue weighted by molar-refractivity contribution is 0.306. The molecule has 0 aliphatic carbocycles. The normalized spacial score (nSPS) is 13.3. The molecule has 0 bridgehead atoms. The van der Waals surface area contributed by atoms with E-state index in [1.807, 2.05) is 12.1 Å². The number of thiazole rings is 1. The largest absolute Gasteiger partial charge is 0.325 e. The maximum atomic E-state index is 6.23. The Kier molecular flexibility index (Phi) is 2.55. The van der Waals surface area contributed by atoms with Gasteiger partial charge in [-0.05, 0) is 26.0 Å². The lowest BCUT2D eigenvalue weighted by Crippen LogP contribution is -2.50. The van der Waals surface area contributed by atoms with E-state index in [4.69, 9.17) is 5.73 Å². The van der Waals surface area contributed by atoms with Crippen molar-refractivity contribution >= 4 is 21.6 Å². The zero-order valence-corrected chi connectivity index (χ0v) is 11.1. The zero-order chi connectivity index (χ0) is 12.0. The molecule has 1 aromatic carbocycles. The van der Waals surface area contributed by atoms with Gasteiger partial charge in [0.15, 0.2) is 0 Å². The summed E-state index contributed by atoms with van der Waals surface area (Å²) in [6.45, 7) is 8.42. The Morgan fingerprint density at radius 1 is 1.12 bits per heavy atom. The van der Waals surface area contributed by atoms with Crippen LogP contribution in [0.5, 0.6) is 0 Å². The van der Waals surface area contributed by atoms with Gasteiger partial charge in [-0.15, -0.1) is 11.3 Å². The van der Waals surface area contributed by atoms with Crippen LogP contribution in [0.3, 0.4) is 0 Å². The predicted molar refractivity (Wildman–Crippen MR) is 70.9 cm³/mol. The van der Waals surface area contributed by atoms with Gasteiger partial charge in [0.1, 0.15) is 5.01 Å². The number of benzene rings is 1. The summed E-state index contributed by atoms with van der Waals surface area (Å²) in [5, 5.41) is 1.11.